The first-order chi connectivity index (χ1) is 13.3. The van der Waals surface area contributed by atoms with E-state index >= 15 is 0 Å². The molecule has 4 amide bonds. The average molecular weight is 388 g/mol. The highest BCUT2D eigenvalue weighted by Crippen LogP contribution is 2.16. The number of hydrazine groups is 2. The Morgan fingerprint density at radius 2 is 1.50 bits per heavy atom. The van der Waals surface area contributed by atoms with E-state index in [0.29, 0.717) is 11.3 Å². The smallest absolute Gasteiger partial charge is 0.352 e. The number of hydrogen-bond acceptors (Lipinski definition) is 4. The van der Waals surface area contributed by atoms with Crippen molar-refractivity contribution in [1.29, 1.82) is 0 Å². The summed E-state index contributed by atoms with van der Waals surface area (Å²) in [6.45, 7) is 3.60. The van der Waals surface area contributed by atoms with Gasteiger partial charge in [0.2, 0.25) is 5.91 Å². The molecule has 148 valence electrons. The van der Waals surface area contributed by atoms with Gasteiger partial charge in [0.25, 0.3) is 5.91 Å². The molecule has 0 aliphatic carbocycles. The first-order valence-corrected chi connectivity index (χ1v) is 8.41. The number of nitrogens with one attached hydrogen (secondary N) is 4. The zero-order valence-corrected chi connectivity index (χ0v) is 15.5. The fourth-order valence-electron chi connectivity index (χ4n) is 2.10. The Kier molecular flexibility index (Phi) is 7.32. The molecule has 0 aliphatic rings. The van der Waals surface area contributed by atoms with Gasteiger partial charge in [-0.15, -0.1) is 0 Å². The third kappa shape index (κ3) is 6.94. The highest BCUT2D eigenvalue weighted by Gasteiger charge is 2.08. The molecule has 0 spiro atoms. The van der Waals surface area contributed by atoms with Crippen LogP contribution in [0, 0.1) is 19.7 Å². The first kappa shape index (κ1) is 20.7. The lowest BCUT2D eigenvalue weighted by Crippen LogP contribution is -2.53. The number of ether oxygens (including phenoxy) is 1. The second-order valence-electron chi connectivity index (χ2n) is 6.01. The van der Waals surface area contributed by atoms with E-state index in [0.717, 1.165) is 11.1 Å². The Bertz CT molecular complexity index is 856. The summed E-state index contributed by atoms with van der Waals surface area (Å²) >= 11 is 0. The largest absolute Gasteiger partial charge is 0.484 e. The summed E-state index contributed by atoms with van der Waals surface area (Å²) < 4.78 is 18.1. The molecule has 9 heteroatoms. The number of rotatable bonds is 5. The molecular weight excluding hydrogens is 367 g/mol. The molecule has 0 bridgehead atoms. The van der Waals surface area contributed by atoms with Gasteiger partial charge in [0.15, 0.2) is 6.61 Å². The Morgan fingerprint density at radius 3 is 2.14 bits per heavy atom. The minimum Gasteiger partial charge on any atom is -0.484 e. The van der Waals surface area contributed by atoms with E-state index < -0.39 is 23.7 Å². The van der Waals surface area contributed by atoms with Crippen LogP contribution in [0.1, 0.15) is 16.7 Å². The molecule has 2 rings (SSSR count). The quantitative estimate of drug-likeness (QED) is 0.581. The van der Waals surface area contributed by atoms with Crippen LogP contribution >= 0.6 is 0 Å². The van der Waals surface area contributed by atoms with Gasteiger partial charge in [-0.3, -0.25) is 20.4 Å². The molecule has 0 unspecified atom stereocenters. The number of amides is 4. The minimum atomic E-state index is -0.841. The lowest BCUT2D eigenvalue weighted by Gasteiger charge is -2.11. The number of benzene rings is 2. The SMILES string of the molecule is Cc1ccc(OCC(=O)NNC(=O)NNC(=O)Cc2ccc(F)cc2)cc1C. The number of carbonyl (C=O) groups is 3. The summed E-state index contributed by atoms with van der Waals surface area (Å²) in [5, 5.41) is 0. The molecule has 0 atom stereocenters. The minimum absolute atomic E-state index is 0.0449. The lowest BCUT2D eigenvalue weighted by atomic mass is 10.1. The fraction of sp³-hybridized carbons (Fsp3) is 0.211. The maximum Gasteiger partial charge on any atom is 0.352 e. The van der Waals surface area contributed by atoms with Crippen LogP contribution in [0.2, 0.25) is 0 Å². The van der Waals surface area contributed by atoms with Crippen LogP contribution in [-0.4, -0.2) is 24.5 Å². The van der Waals surface area contributed by atoms with Crippen molar-refractivity contribution in [2.24, 2.45) is 0 Å². The van der Waals surface area contributed by atoms with Crippen LogP contribution in [0.5, 0.6) is 5.75 Å². The highest BCUT2D eigenvalue weighted by molar-refractivity contribution is 5.84. The van der Waals surface area contributed by atoms with E-state index in [1.165, 1.54) is 24.3 Å². The Balaban J connectivity index is 1.64. The van der Waals surface area contributed by atoms with Crippen LogP contribution in [0.4, 0.5) is 9.18 Å². The normalized spacial score (nSPS) is 9.96. The fourth-order valence-corrected chi connectivity index (χ4v) is 2.10. The molecule has 4 N–H and O–H groups in total. The van der Waals surface area contributed by atoms with Crippen molar-refractivity contribution in [3.63, 3.8) is 0 Å². The molecule has 28 heavy (non-hydrogen) atoms. The standard InChI is InChI=1S/C19H21FN4O4/c1-12-3-8-16(9-13(12)2)28-11-18(26)22-24-19(27)23-21-17(25)10-14-4-6-15(20)7-5-14/h3-9H,10-11H2,1-2H3,(H,21,25)(H,22,26)(H2,23,24,27). The zero-order valence-electron chi connectivity index (χ0n) is 15.5. The summed E-state index contributed by atoms with van der Waals surface area (Å²) in [5.41, 5.74) is 11.2. The number of hydrogen-bond donors (Lipinski definition) is 4. The molecule has 0 heterocycles. The van der Waals surface area contributed by atoms with E-state index in [4.69, 9.17) is 4.74 Å². The van der Waals surface area contributed by atoms with Crippen LogP contribution in [-0.2, 0) is 16.0 Å². The summed E-state index contributed by atoms with van der Waals surface area (Å²) in [5.74, 6) is -0.952. The van der Waals surface area contributed by atoms with Gasteiger partial charge in [-0.1, -0.05) is 18.2 Å². The van der Waals surface area contributed by atoms with Gasteiger partial charge in [0.05, 0.1) is 6.42 Å². The number of halogens is 1. The van der Waals surface area contributed by atoms with E-state index in [-0.39, 0.29) is 13.0 Å². The van der Waals surface area contributed by atoms with Crippen LogP contribution in [0.15, 0.2) is 42.5 Å². The van der Waals surface area contributed by atoms with E-state index in [1.54, 1.807) is 12.1 Å². The second-order valence-corrected chi connectivity index (χ2v) is 6.01. The van der Waals surface area contributed by atoms with Gasteiger partial charge in [0, 0.05) is 0 Å². The molecule has 8 nitrogen and oxygen atoms in total. The monoisotopic (exact) mass is 388 g/mol. The number of aryl methyl sites for hydroxylation is 2. The highest BCUT2D eigenvalue weighted by atomic mass is 19.1. The molecule has 2 aromatic carbocycles. The maximum atomic E-state index is 12.8. The third-order valence-corrected chi connectivity index (χ3v) is 3.76. The summed E-state index contributed by atoms with van der Waals surface area (Å²) in [7, 11) is 0. The van der Waals surface area contributed by atoms with Gasteiger partial charge in [0.1, 0.15) is 11.6 Å². The molecule has 0 radical (unpaired) electrons. The van der Waals surface area contributed by atoms with Crippen molar-refractivity contribution in [1.82, 2.24) is 21.7 Å². The van der Waals surface area contributed by atoms with E-state index in [9.17, 15) is 18.8 Å². The number of urea groups is 1. The maximum absolute atomic E-state index is 12.8. The predicted octanol–water partition coefficient (Wildman–Crippen LogP) is 1.43. The molecule has 0 saturated carbocycles. The zero-order chi connectivity index (χ0) is 20.5. The number of carbonyl (C=O) groups excluding carboxylic acids is 3. The average Bonchev–Trinajstić information content (AvgIpc) is 2.67. The second kappa shape index (κ2) is 9.91. The third-order valence-electron chi connectivity index (χ3n) is 3.76. The summed E-state index contributed by atoms with van der Waals surface area (Å²) in [4.78, 5) is 34.9. The van der Waals surface area contributed by atoms with E-state index in [1.807, 2.05) is 19.9 Å². The van der Waals surface area contributed by atoms with Crippen molar-refractivity contribution in [3.05, 3.63) is 65.0 Å². The van der Waals surface area contributed by atoms with Crippen molar-refractivity contribution >= 4 is 17.8 Å². The molecule has 0 aliphatic heterocycles. The van der Waals surface area contributed by atoms with Crippen molar-refractivity contribution in [3.8, 4) is 5.75 Å². The van der Waals surface area contributed by atoms with Gasteiger partial charge >= 0.3 is 6.03 Å². The lowest BCUT2D eigenvalue weighted by molar-refractivity contribution is -0.123. The van der Waals surface area contributed by atoms with E-state index in [2.05, 4.69) is 21.7 Å². The van der Waals surface area contributed by atoms with Crippen LogP contribution in [0.25, 0.3) is 0 Å². The molecular formula is C19H21FN4O4. The van der Waals surface area contributed by atoms with Crippen molar-refractivity contribution < 1.29 is 23.5 Å². The van der Waals surface area contributed by atoms with Crippen LogP contribution < -0.4 is 26.4 Å². The van der Waals surface area contributed by atoms with Crippen molar-refractivity contribution in [2.75, 3.05) is 6.61 Å². The molecule has 2 aromatic rings. The van der Waals surface area contributed by atoms with Crippen LogP contribution in [0.3, 0.4) is 0 Å². The molecule has 0 aromatic heterocycles. The summed E-state index contributed by atoms with van der Waals surface area (Å²) in [6.07, 6.45) is -0.0449. The summed E-state index contributed by atoms with van der Waals surface area (Å²) in [6, 6.07) is 9.98. The Morgan fingerprint density at radius 1 is 0.857 bits per heavy atom. The van der Waals surface area contributed by atoms with Crippen molar-refractivity contribution in [2.45, 2.75) is 20.3 Å². The Hall–Kier alpha value is -3.62. The Labute approximate surface area is 161 Å². The van der Waals surface area contributed by atoms with Gasteiger partial charge in [-0.25, -0.2) is 20.0 Å². The topological polar surface area (TPSA) is 109 Å². The van der Waals surface area contributed by atoms with Gasteiger partial charge in [-0.05, 0) is 54.8 Å². The first-order valence-electron chi connectivity index (χ1n) is 8.41. The van der Waals surface area contributed by atoms with Gasteiger partial charge in [-0.2, -0.15) is 0 Å². The predicted molar refractivity (Wildman–Crippen MR) is 99.5 cm³/mol. The molecule has 0 fully saturated rings. The molecule has 0 saturated heterocycles. The van der Waals surface area contributed by atoms with Gasteiger partial charge < -0.3 is 4.74 Å².